The van der Waals surface area contributed by atoms with Crippen LogP contribution in [0.4, 0.5) is 5.82 Å². The smallest absolute Gasteiger partial charge is 0.169 e. The van der Waals surface area contributed by atoms with E-state index in [1.165, 1.54) is 0 Å². The van der Waals surface area contributed by atoms with Gasteiger partial charge in [0.2, 0.25) is 0 Å². The van der Waals surface area contributed by atoms with Crippen molar-refractivity contribution in [3.63, 3.8) is 0 Å². The number of nitrogens with two attached hydrogens (primary N) is 1. The SMILES string of the molecule is CCCc1c(N)nnn1Cc1ccc(Cl)cc1. The van der Waals surface area contributed by atoms with Crippen molar-refractivity contribution in [3.05, 3.63) is 40.5 Å². The van der Waals surface area contributed by atoms with E-state index in [2.05, 4.69) is 17.2 Å². The molecule has 1 aromatic carbocycles. The van der Waals surface area contributed by atoms with Gasteiger partial charge in [-0.15, -0.1) is 5.10 Å². The normalized spacial score (nSPS) is 10.7. The maximum Gasteiger partial charge on any atom is 0.169 e. The summed E-state index contributed by atoms with van der Waals surface area (Å²) in [7, 11) is 0. The number of hydrogen-bond donors (Lipinski definition) is 1. The van der Waals surface area contributed by atoms with Crippen LogP contribution in [-0.4, -0.2) is 15.0 Å². The Morgan fingerprint density at radius 3 is 2.65 bits per heavy atom. The fourth-order valence-electron chi connectivity index (χ4n) is 1.73. The van der Waals surface area contributed by atoms with Crippen LogP contribution < -0.4 is 5.73 Å². The molecule has 0 amide bonds. The average Bonchev–Trinajstić information content (AvgIpc) is 2.65. The average molecular weight is 251 g/mol. The first-order valence-corrected chi connectivity index (χ1v) is 6.00. The molecule has 0 aliphatic carbocycles. The topological polar surface area (TPSA) is 56.7 Å². The summed E-state index contributed by atoms with van der Waals surface area (Å²) in [5, 5.41) is 8.71. The van der Waals surface area contributed by atoms with E-state index in [9.17, 15) is 0 Å². The standard InChI is InChI=1S/C12H15ClN4/c1-2-3-11-12(14)15-16-17(11)8-9-4-6-10(13)7-5-9/h4-7H,2-3,8,14H2,1H3. The molecule has 0 radical (unpaired) electrons. The molecule has 0 aliphatic heterocycles. The summed E-state index contributed by atoms with van der Waals surface area (Å²) in [6.45, 7) is 2.79. The van der Waals surface area contributed by atoms with Crippen LogP contribution in [-0.2, 0) is 13.0 Å². The molecule has 0 unspecified atom stereocenters. The zero-order chi connectivity index (χ0) is 12.3. The Bertz CT molecular complexity index is 490. The summed E-state index contributed by atoms with van der Waals surface area (Å²) in [6.07, 6.45) is 1.92. The Labute approximate surface area is 105 Å². The van der Waals surface area contributed by atoms with Gasteiger partial charge >= 0.3 is 0 Å². The lowest BCUT2D eigenvalue weighted by atomic mass is 10.2. The van der Waals surface area contributed by atoms with E-state index < -0.39 is 0 Å². The maximum absolute atomic E-state index is 5.84. The van der Waals surface area contributed by atoms with E-state index in [0.29, 0.717) is 12.4 Å². The van der Waals surface area contributed by atoms with Crippen LogP contribution in [0.25, 0.3) is 0 Å². The summed E-state index contributed by atoms with van der Waals surface area (Å²) >= 11 is 5.84. The minimum absolute atomic E-state index is 0.529. The van der Waals surface area contributed by atoms with Crippen LogP contribution >= 0.6 is 11.6 Å². The quantitative estimate of drug-likeness (QED) is 0.907. The number of aromatic nitrogens is 3. The number of nitrogens with zero attached hydrogens (tertiary/aromatic N) is 3. The van der Waals surface area contributed by atoms with Gasteiger partial charge in [-0.2, -0.15) is 0 Å². The first-order chi connectivity index (χ1) is 8.20. The zero-order valence-corrected chi connectivity index (χ0v) is 10.5. The van der Waals surface area contributed by atoms with Crippen molar-refractivity contribution in [3.8, 4) is 0 Å². The van der Waals surface area contributed by atoms with Crippen LogP contribution in [0.5, 0.6) is 0 Å². The summed E-state index contributed by atoms with van der Waals surface area (Å²) < 4.78 is 1.85. The number of anilines is 1. The highest BCUT2D eigenvalue weighted by molar-refractivity contribution is 6.30. The van der Waals surface area contributed by atoms with Crippen molar-refractivity contribution < 1.29 is 0 Å². The predicted molar refractivity (Wildman–Crippen MR) is 69.0 cm³/mol. The number of nitrogen functional groups attached to an aromatic ring is 1. The first-order valence-electron chi connectivity index (χ1n) is 5.63. The minimum atomic E-state index is 0.529. The lowest BCUT2D eigenvalue weighted by Crippen LogP contribution is -2.07. The molecule has 2 aromatic rings. The van der Waals surface area contributed by atoms with Gasteiger partial charge in [0.15, 0.2) is 5.82 Å². The summed E-state index contributed by atoms with van der Waals surface area (Å²) in [5.74, 6) is 0.529. The summed E-state index contributed by atoms with van der Waals surface area (Å²) in [5.41, 5.74) is 7.93. The van der Waals surface area contributed by atoms with E-state index >= 15 is 0 Å². The van der Waals surface area contributed by atoms with Crippen LogP contribution in [0.15, 0.2) is 24.3 Å². The minimum Gasteiger partial charge on any atom is -0.381 e. The first kappa shape index (κ1) is 11.9. The van der Waals surface area contributed by atoms with Crippen molar-refractivity contribution >= 4 is 17.4 Å². The molecule has 0 aliphatic rings. The molecular formula is C12H15ClN4. The van der Waals surface area contributed by atoms with E-state index in [1.54, 1.807) is 0 Å². The summed E-state index contributed by atoms with van der Waals surface area (Å²) in [4.78, 5) is 0. The van der Waals surface area contributed by atoms with Crippen molar-refractivity contribution in [2.75, 3.05) is 5.73 Å². The van der Waals surface area contributed by atoms with Gasteiger partial charge in [-0.1, -0.05) is 42.3 Å². The van der Waals surface area contributed by atoms with Gasteiger partial charge in [0, 0.05) is 5.02 Å². The van der Waals surface area contributed by atoms with E-state index in [0.717, 1.165) is 29.1 Å². The Hall–Kier alpha value is -1.55. The summed E-state index contributed by atoms with van der Waals surface area (Å²) in [6, 6.07) is 7.71. The molecule has 0 bridgehead atoms. The Kier molecular flexibility index (Phi) is 3.64. The fourth-order valence-corrected chi connectivity index (χ4v) is 1.86. The molecule has 2 rings (SSSR count). The molecule has 0 spiro atoms. The molecule has 2 N–H and O–H groups in total. The zero-order valence-electron chi connectivity index (χ0n) is 9.73. The predicted octanol–water partition coefficient (Wildman–Crippen LogP) is 2.51. The number of hydrogen-bond acceptors (Lipinski definition) is 3. The van der Waals surface area contributed by atoms with Gasteiger partial charge in [0.05, 0.1) is 12.2 Å². The van der Waals surface area contributed by atoms with Gasteiger partial charge in [-0.3, -0.25) is 0 Å². The second-order valence-electron chi connectivity index (χ2n) is 3.96. The van der Waals surface area contributed by atoms with Gasteiger partial charge in [0.25, 0.3) is 0 Å². The monoisotopic (exact) mass is 250 g/mol. The molecule has 1 aromatic heterocycles. The third-order valence-corrected chi connectivity index (χ3v) is 2.85. The third-order valence-electron chi connectivity index (χ3n) is 2.60. The van der Waals surface area contributed by atoms with Gasteiger partial charge in [-0.05, 0) is 24.1 Å². The second kappa shape index (κ2) is 5.19. The largest absolute Gasteiger partial charge is 0.381 e. The molecule has 0 saturated heterocycles. The number of benzene rings is 1. The van der Waals surface area contributed by atoms with Gasteiger partial charge < -0.3 is 5.73 Å². The van der Waals surface area contributed by atoms with E-state index in [4.69, 9.17) is 17.3 Å². The molecule has 17 heavy (non-hydrogen) atoms. The number of halogens is 1. The molecule has 1 heterocycles. The maximum atomic E-state index is 5.84. The van der Waals surface area contributed by atoms with E-state index in [1.807, 2.05) is 28.9 Å². The van der Waals surface area contributed by atoms with Crippen LogP contribution in [0, 0.1) is 0 Å². The van der Waals surface area contributed by atoms with Crippen molar-refractivity contribution in [2.45, 2.75) is 26.3 Å². The van der Waals surface area contributed by atoms with Crippen molar-refractivity contribution in [2.24, 2.45) is 0 Å². The molecule has 5 heteroatoms. The lowest BCUT2D eigenvalue weighted by molar-refractivity contribution is 0.613. The highest BCUT2D eigenvalue weighted by Gasteiger charge is 2.09. The highest BCUT2D eigenvalue weighted by Crippen LogP contribution is 2.14. The van der Waals surface area contributed by atoms with Gasteiger partial charge in [-0.25, -0.2) is 4.68 Å². The molecule has 90 valence electrons. The fraction of sp³-hybridized carbons (Fsp3) is 0.333. The third kappa shape index (κ3) is 2.77. The van der Waals surface area contributed by atoms with Crippen molar-refractivity contribution in [1.82, 2.24) is 15.0 Å². The molecule has 0 fully saturated rings. The molecule has 4 nitrogen and oxygen atoms in total. The lowest BCUT2D eigenvalue weighted by Gasteiger charge is -2.06. The Morgan fingerprint density at radius 2 is 2.00 bits per heavy atom. The Morgan fingerprint density at radius 1 is 1.29 bits per heavy atom. The van der Waals surface area contributed by atoms with E-state index in [-0.39, 0.29) is 0 Å². The number of rotatable bonds is 4. The Balaban J connectivity index is 2.20. The molecule has 0 saturated carbocycles. The van der Waals surface area contributed by atoms with Gasteiger partial charge in [0.1, 0.15) is 0 Å². The second-order valence-corrected chi connectivity index (χ2v) is 4.39. The molecular weight excluding hydrogens is 236 g/mol. The van der Waals surface area contributed by atoms with Crippen LogP contribution in [0.2, 0.25) is 5.02 Å². The van der Waals surface area contributed by atoms with Crippen LogP contribution in [0.3, 0.4) is 0 Å². The van der Waals surface area contributed by atoms with Crippen LogP contribution in [0.1, 0.15) is 24.6 Å². The highest BCUT2D eigenvalue weighted by atomic mass is 35.5. The molecule has 0 atom stereocenters. The van der Waals surface area contributed by atoms with Crippen molar-refractivity contribution in [1.29, 1.82) is 0 Å².